The van der Waals surface area contributed by atoms with Crippen LogP contribution in [0, 0.1) is 5.82 Å². The summed E-state index contributed by atoms with van der Waals surface area (Å²) >= 11 is 0. The van der Waals surface area contributed by atoms with E-state index in [9.17, 15) is 14.0 Å². The van der Waals surface area contributed by atoms with Crippen LogP contribution < -0.4 is 5.32 Å². The highest BCUT2D eigenvalue weighted by Crippen LogP contribution is 2.37. The van der Waals surface area contributed by atoms with Crippen LogP contribution in [0.25, 0.3) is 0 Å². The zero-order valence-electron chi connectivity index (χ0n) is 18.4. The van der Waals surface area contributed by atoms with Crippen molar-refractivity contribution in [2.45, 2.75) is 30.8 Å². The SMILES string of the molecule is CNC(=O)[C@H]1CN(C(=O)C2(c3cccc(F)c3)CCOCC2)CCN1Cc1ccccc1. The lowest BCUT2D eigenvalue weighted by Crippen LogP contribution is -2.62. The van der Waals surface area contributed by atoms with Crippen molar-refractivity contribution in [3.05, 3.63) is 71.5 Å². The molecular weight excluding hydrogens is 409 g/mol. The van der Waals surface area contributed by atoms with Gasteiger partial charge in [0.2, 0.25) is 11.8 Å². The van der Waals surface area contributed by atoms with Gasteiger partial charge in [-0.3, -0.25) is 14.5 Å². The van der Waals surface area contributed by atoms with Gasteiger partial charge in [-0.1, -0.05) is 42.5 Å². The third kappa shape index (κ3) is 4.54. The molecule has 170 valence electrons. The predicted molar refractivity (Wildman–Crippen MR) is 119 cm³/mol. The zero-order valence-corrected chi connectivity index (χ0v) is 18.4. The van der Waals surface area contributed by atoms with Gasteiger partial charge >= 0.3 is 0 Å². The number of carbonyl (C=O) groups excluding carboxylic acids is 2. The molecule has 32 heavy (non-hydrogen) atoms. The van der Waals surface area contributed by atoms with Gasteiger partial charge in [-0.25, -0.2) is 4.39 Å². The molecule has 2 heterocycles. The number of likely N-dealkylation sites (N-methyl/N-ethyl adjacent to an activating group) is 1. The monoisotopic (exact) mass is 439 g/mol. The van der Waals surface area contributed by atoms with Crippen molar-refractivity contribution in [3.8, 4) is 0 Å². The van der Waals surface area contributed by atoms with Gasteiger partial charge in [-0.05, 0) is 36.1 Å². The number of ether oxygens (including phenoxy) is 1. The number of rotatable bonds is 5. The summed E-state index contributed by atoms with van der Waals surface area (Å²) in [7, 11) is 1.62. The molecule has 0 aliphatic carbocycles. The molecule has 0 bridgehead atoms. The minimum absolute atomic E-state index is 0.0420. The minimum Gasteiger partial charge on any atom is -0.381 e. The van der Waals surface area contributed by atoms with Gasteiger partial charge < -0.3 is 15.0 Å². The van der Waals surface area contributed by atoms with Crippen LogP contribution in [0.1, 0.15) is 24.0 Å². The van der Waals surface area contributed by atoms with E-state index in [2.05, 4.69) is 10.2 Å². The Balaban J connectivity index is 1.58. The molecule has 1 N–H and O–H groups in total. The molecule has 0 saturated carbocycles. The first-order chi connectivity index (χ1) is 15.5. The highest BCUT2D eigenvalue weighted by atomic mass is 19.1. The Morgan fingerprint density at radius 2 is 1.84 bits per heavy atom. The maximum absolute atomic E-state index is 14.1. The quantitative estimate of drug-likeness (QED) is 0.777. The molecule has 2 aromatic carbocycles. The third-order valence-corrected chi connectivity index (χ3v) is 6.69. The average molecular weight is 440 g/mol. The van der Waals surface area contributed by atoms with Crippen molar-refractivity contribution in [2.24, 2.45) is 0 Å². The van der Waals surface area contributed by atoms with Crippen LogP contribution >= 0.6 is 0 Å². The zero-order chi connectivity index (χ0) is 22.6. The molecule has 0 unspecified atom stereocenters. The minimum atomic E-state index is -0.824. The van der Waals surface area contributed by atoms with Gasteiger partial charge in [0.25, 0.3) is 0 Å². The van der Waals surface area contributed by atoms with Gasteiger partial charge in [0.05, 0.1) is 5.41 Å². The van der Waals surface area contributed by atoms with Gasteiger partial charge in [0, 0.05) is 46.4 Å². The number of hydrogen-bond donors (Lipinski definition) is 1. The molecule has 0 spiro atoms. The smallest absolute Gasteiger partial charge is 0.238 e. The van der Waals surface area contributed by atoms with Crippen molar-refractivity contribution in [1.82, 2.24) is 15.1 Å². The molecule has 2 aliphatic heterocycles. The van der Waals surface area contributed by atoms with Crippen molar-refractivity contribution in [3.63, 3.8) is 0 Å². The van der Waals surface area contributed by atoms with E-state index < -0.39 is 11.5 Å². The van der Waals surface area contributed by atoms with Crippen LogP contribution in [0.3, 0.4) is 0 Å². The fourth-order valence-electron chi connectivity index (χ4n) is 4.86. The Hall–Kier alpha value is -2.77. The van der Waals surface area contributed by atoms with Crippen molar-refractivity contribution in [1.29, 1.82) is 0 Å². The molecule has 2 aliphatic rings. The molecule has 0 radical (unpaired) electrons. The molecule has 2 saturated heterocycles. The Bertz CT molecular complexity index is 946. The number of nitrogens with one attached hydrogen (secondary N) is 1. The van der Waals surface area contributed by atoms with E-state index in [1.807, 2.05) is 36.4 Å². The summed E-state index contributed by atoms with van der Waals surface area (Å²) in [5, 5.41) is 2.75. The third-order valence-electron chi connectivity index (χ3n) is 6.69. The Labute approximate surface area is 188 Å². The van der Waals surface area contributed by atoms with Gasteiger partial charge in [-0.2, -0.15) is 0 Å². The van der Waals surface area contributed by atoms with Crippen LogP contribution in [0.4, 0.5) is 4.39 Å². The van der Waals surface area contributed by atoms with E-state index in [1.165, 1.54) is 12.1 Å². The molecule has 0 aromatic heterocycles. The average Bonchev–Trinajstić information content (AvgIpc) is 2.84. The van der Waals surface area contributed by atoms with Crippen molar-refractivity contribution < 1.29 is 18.7 Å². The molecule has 1 atom stereocenters. The normalized spacial score (nSPS) is 21.2. The Kier molecular flexibility index (Phi) is 6.86. The summed E-state index contributed by atoms with van der Waals surface area (Å²) in [5.41, 5.74) is 0.991. The van der Waals surface area contributed by atoms with Crippen molar-refractivity contribution >= 4 is 11.8 Å². The summed E-state index contributed by atoms with van der Waals surface area (Å²) in [6, 6.07) is 15.9. The van der Waals surface area contributed by atoms with Crippen LogP contribution in [0.15, 0.2) is 54.6 Å². The van der Waals surface area contributed by atoms with E-state index in [0.29, 0.717) is 57.8 Å². The highest BCUT2D eigenvalue weighted by Gasteiger charge is 2.46. The predicted octanol–water partition coefficient (Wildman–Crippen LogP) is 2.33. The fraction of sp³-hybridized carbons (Fsp3) is 0.440. The molecular formula is C25H30FN3O3. The summed E-state index contributed by atoms with van der Waals surface area (Å²) in [5.74, 6) is -0.498. The number of piperazine rings is 1. The number of benzene rings is 2. The number of hydrogen-bond acceptors (Lipinski definition) is 4. The lowest BCUT2D eigenvalue weighted by Gasteiger charge is -2.45. The summed E-state index contributed by atoms with van der Waals surface area (Å²) in [4.78, 5) is 30.6. The standard InChI is InChI=1S/C25H30FN3O3/c1-27-23(30)22-18-29(13-12-28(22)17-19-6-3-2-4-7-19)24(31)25(10-14-32-15-11-25)20-8-5-9-21(26)16-20/h2-9,16,22H,10-15,17-18H2,1H3,(H,27,30)/t22-/m1/s1. The topological polar surface area (TPSA) is 61.9 Å². The molecule has 2 aromatic rings. The van der Waals surface area contributed by atoms with E-state index in [0.717, 1.165) is 5.56 Å². The maximum atomic E-state index is 14.1. The van der Waals surface area contributed by atoms with E-state index in [4.69, 9.17) is 4.74 Å². The van der Waals surface area contributed by atoms with Gasteiger partial charge in [0.1, 0.15) is 11.9 Å². The van der Waals surface area contributed by atoms with Gasteiger partial charge in [0.15, 0.2) is 0 Å². The van der Waals surface area contributed by atoms with Gasteiger partial charge in [-0.15, -0.1) is 0 Å². The first-order valence-electron chi connectivity index (χ1n) is 11.2. The van der Waals surface area contributed by atoms with Crippen LogP contribution in [-0.2, 0) is 26.3 Å². The van der Waals surface area contributed by atoms with E-state index in [-0.39, 0.29) is 17.6 Å². The number of nitrogens with zero attached hydrogens (tertiary/aromatic N) is 2. The molecule has 4 rings (SSSR count). The Morgan fingerprint density at radius 1 is 1.09 bits per heavy atom. The molecule has 7 heteroatoms. The largest absolute Gasteiger partial charge is 0.381 e. The van der Waals surface area contributed by atoms with Crippen LogP contribution in [-0.4, -0.2) is 67.6 Å². The molecule has 2 amide bonds. The Morgan fingerprint density at radius 3 is 2.53 bits per heavy atom. The second-order valence-electron chi connectivity index (χ2n) is 8.54. The lowest BCUT2D eigenvalue weighted by molar-refractivity contribution is -0.146. The maximum Gasteiger partial charge on any atom is 0.238 e. The second kappa shape index (κ2) is 9.79. The lowest BCUT2D eigenvalue weighted by atomic mass is 9.72. The number of carbonyl (C=O) groups is 2. The summed E-state index contributed by atoms with van der Waals surface area (Å²) in [6.07, 6.45) is 1.01. The number of halogens is 1. The van der Waals surface area contributed by atoms with Crippen LogP contribution in [0.2, 0.25) is 0 Å². The van der Waals surface area contributed by atoms with E-state index in [1.54, 1.807) is 18.0 Å². The second-order valence-corrected chi connectivity index (χ2v) is 8.54. The van der Waals surface area contributed by atoms with E-state index >= 15 is 0 Å². The van der Waals surface area contributed by atoms with Crippen molar-refractivity contribution in [2.75, 3.05) is 39.9 Å². The first-order valence-corrected chi connectivity index (χ1v) is 11.2. The fourth-order valence-corrected chi connectivity index (χ4v) is 4.86. The summed E-state index contributed by atoms with van der Waals surface area (Å²) in [6.45, 7) is 2.98. The highest BCUT2D eigenvalue weighted by molar-refractivity contribution is 5.90. The first kappa shape index (κ1) is 22.4. The summed E-state index contributed by atoms with van der Waals surface area (Å²) < 4.78 is 19.6. The molecule has 6 nitrogen and oxygen atoms in total. The molecule has 2 fully saturated rings. The van der Waals surface area contributed by atoms with Crippen LogP contribution in [0.5, 0.6) is 0 Å². The number of amides is 2.